The van der Waals surface area contributed by atoms with Gasteiger partial charge in [-0.1, -0.05) is 85.0 Å². The van der Waals surface area contributed by atoms with Crippen molar-refractivity contribution in [2.45, 2.75) is 62.7 Å². The van der Waals surface area contributed by atoms with Gasteiger partial charge in [0.1, 0.15) is 11.6 Å². The summed E-state index contributed by atoms with van der Waals surface area (Å²) < 4.78 is 0. The number of fused-ring (bicyclic) bond motifs is 4. The normalized spacial score (nSPS) is 34.2. The summed E-state index contributed by atoms with van der Waals surface area (Å²) in [5.74, 6) is 5.60. The van der Waals surface area contributed by atoms with Gasteiger partial charge in [0.25, 0.3) is 0 Å². The van der Waals surface area contributed by atoms with Crippen LogP contribution in [0, 0.1) is 30.1 Å². The van der Waals surface area contributed by atoms with Crippen LogP contribution in [0.1, 0.15) is 73.3 Å². The minimum Gasteiger partial charge on any atom is -0.218 e. The highest BCUT2D eigenvalue weighted by atomic mass is 15.1. The summed E-state index contributed by atoms with van der Waals surface area (Å²) in [7, 11) is 0. The molecule has 3 heteroatoms. The minimum atomic E-state index is -0.368. The predicted octanol–water partition coefficient (Wildman–Crippen LogP) is 8.52. The molecule has 3 nitrogen and oxygen atoms in total. The summed E-state index contributed by atoms with van der Waals surface area (Å²) in [6.07, 6.45) is 16.2. The number of benzene rings is 3. The van der Waals surface area contributed by atoms with Gasteiger partial charge < -0.3 is 0 Å². The van der Waals surface area contributed by atoms with Crippen molar-refractivity contribution in [2.24, 2.45) is 23.2 Å². The highest BCUT2D eigenvalue weighted by Crippen LogP contribution is 2.84. The molecule has 10 rings (SSSR count). The fourth-order valence-corrected chi connectivity index (χ4v) is 11.0. The van der Waals surface area contributed by atoms with Crippen molar-refractivity contribution in [2.75, 3.05) is 0 Å². The average Bonchev–Trinajstić information content (AvgIpc) is 3.63. The fourth-order valence-electron chi connectivity index (χ4n) is 11.0. The fraction of sp³-hybridized carbons (Fsp3) is 0.359. The van der Waals surface area contributed by atoms with Crippen molar-refractivity contribution in [3.63, 3.8) is 0 Å². The Morgan fingerprint density at radius 3 is 2.29 bits per heavy atom. The molecule has 42 heavy (non-hydrogen) atoms. The molecule has 0 radical (unpaired) electrons. The smallest absolute Gasteiger partial charge is 0.163 e. The molecule has 0 amide bonds. The van der Waals surface area contributed by atoms with Crippen LogP contribution in [-0.2, 0) is 10.8 Å². The second-order valence-corrected chi connectivity index (χ2v) is 14.1. The van der Waals surface area contributed by atoms with Gasteiger partial charge >= 0.3 is 0 Å². The Bertz CT molecular complexity index is 1850. The quantitative estimate of drug-likeness (QED) is 0.258. The number of rotatable bonds is 4. The molecule has 4 fully saturated rings. The summed E-state index contributed by atoms with van der Waals surface area (Å²) in [6, 6.07) is 27.1. The van der Waals surface area contributed by atoms with Crippen molar-refractivity contribution in [1.82, 2.24) is 15.0 Å². The first kappa shape index (κ1) is 23.7. The first-order valence-electron chi connectivity index (χ1n) is 16.0. The zero-order chi connectivity index (χ0) is 27.7. The topological polar surface area (TPSA) is 38.7 Å². The first-order chi connectivity index (χ1) is 20.6. The zero-order valence-electron chi connectivity index (χ0n) is 24.2. The molecular weight excluding hydrogens is 510 g/mol. The highest BCUT2D eigenvalue weighted by Gasteiger charge is 2.78. The molecule has 4 saturated carbocycles. The van der Waals surface area contributed by atoms with E-state index in [1.807, 2.05) is 0 Å². The van der Waals surface area contributed by atoms with E-state index in [1.165, 1.54) is 65.5 Å². The Morgan fingerprint density at radius 1 is 0.738 bits per heavy atom. The Balaban J connectivity index is 1.17. The minimum absolute atomic E-state index is 0.168. The predicted molar refractivity (Wildman–Crippen MR) is 166 cm³/mol. The van der Waals surface area contributed by atoms with Crippen molar-refractivity contribution in [1.29, 1.82) is 0 Å². The maximum Gasteiger partial charge on any atom is 0.163 e. The summed E-state index contributed by atoms with van der Waals surface area (Å²) in [5.41, 5.74) is 9.57. The Morgan fingerprint density at radius 2 is 1.52 bits per heavy atom. The lowest BCUT2D eigenvalue weighted by molar-refractivity contribution is -0.175. The molecule has 1 unspecified atom stereocenters. The van der Waals surface area contributed by atoms with Gasteiger partial charge in [-0.25, -0.2) is 15.0 Å². The molecule has 2 bridgehead atoms. The molecule has 3 aromatic carbocycles. The number of hydrogen-bond donors (Lipinski definition) is 0. The SMILES string of the molecule is Cc1nc(-c2ccc3c(c2)C(C2=CCCC=C2)(c2ccccc2)c2ccccc2-3)nc(C23C[C@@H]4CC5C[C@@H](C2)C54C3)n1. The molecule has 0 saturated heterocycles. The molecule has 1 heterocycles. The number of hydrogen-bond acceptors (Lipinski definition) is 3. The maximum absolute atomic E-state index is 5.36. The van der Waals surface area contributed by atoms with Crippen LogP contribution in [0.2, 0.25) is 0 Å². The van der Waals surface area contributed by atoms with Crippen molar-refractivity contribution in [3.05, 3.63) is 125 Å². The lowest BCUT2D eigenvalue weighted by Gasteiger charge is -2.66. The molecule has 6 aliphatic carbocycles. The van der Waals surface area contributed by atoms with Crippen LogP contribution in [-0.4, -0.2) is 15.0 Å². The Kier molecular flexibility index (Phi) is 4.48. The average molecular weight is 546 g/mol. The van der Waals surface area contributed by atoms with Gasteiger partial charge in [-0.2, -0.15) is 0 Å². The molecule has 206 valence electrons. The van der Waals surface area contributed by atoms with Crippen LogP contribution in [0.3, 0.4) is 0 Å². The second-order valence-electron chi connectivity index (χ2n) is 14.1. The van der Waals surface area contributed by atoms with Crippen LogP contribution >= 0.6 is 0 Å². The second kappa shape index (κ2) is 7.95. The molecule has 1 spiro atoms. The summed E-state index contributed by atoms with van der Waals surface area (Å²) in [4.78, 5) is 15.4. The number of allylic oxidation sites excluding steroid dienone is 4. The standard InChI is InChI=1S/C39H35N3/c1-24-40-35(42-36(41-24)37-21-29-19-28-20-30(22-37)38(28,29)23-37)25-16-17-32-31-14-8-9-15-33(31)39(34(32)18-25,26-10-4-2-5-11-26)27-12-6-3-7-13-27/h2,4-6,8-18,28-30H,3,7,19-23H2,1H3/t28?,29-,30-,37?,38?,39?/m0/s1. The highest BCUT2D eigenvalue weighted by molar-refractivity contribution is 5.88. The van der Waals surface area contributed by atoms with E-state index in [1.54, 1.807) is 0 Å². The van der Waals surface area contributed by atoms with E-state index in [2.05, 4.69) is 97.9 Å². The summed E-state index contributed by atoms with van der Waals surface area (Å²) in [6.45, 7) is 2.06. The van der Waals surface area contributed by atoms with E-state index in [4.69, 9.17) is 15.0 Å². The molecule has 1 aromatic heterocycles. The molecule has 3 atom stereocenters. The van der Waals surface area contributed by atoms with E-state index in [-0.39, 0.29) is 10.8 Å². The van der Waals surface area contributed by atoms with E-state index in [0.29, 0.717) is 5.41 Å². The maximum atomic E-state index is 5.36. The Labute approximate surface area is 247 Å². The number of aromatic nitrogens is 3. The third kappa shape index (κ3) is 2.72. The molecule has 0 aliphatic heterocycles. The van der Waals surface area contributed by atoms with Gasteiger partial charge in [-0.3, -0.25) is 0 Å². The van der Waals surface area contributed by atoms with Crippen LogP contribution < -0.4 is 0 Å². The number of nitrogens with zero attached hydrogens (tertiary/aromatic N) is 3. The third-order valence-corrected chi connectivity index (χ3v) is 12.5. The molecule has 6 aliphatic rings. The summed E-state index contributed by atoms with van der Waals surface area (Å²) in [5, 5.41) is 0. The lowest BCUT2D eigenvalue weighted by Crippen LogP contribution is -2.59. The Hall–Kier alpha value is -3.85. The van der Waals surface area contributed by atoms with Crippen molar-refractivity contribution >= 4 is 0 Å². The lowest BCUT2D eigenvalue weighted by atomic mass is 9.38. The largest absolute Gasteiger partial charge is 0.218 e. The van der Waals surface area contributed by atoms with Gasteiger partial charge in [0.15, 0.2) is 5.82 Å². The monoisotopic (exact) mass is 545 g/mol. The summed E-state index contributed by atoms with van der Waals surface area (Å²) >= 11 is 0. The van der Waals surface area contributed by atoms with E-state index < -0.39 is 0 Å². The van der Waals surface area contributed by atoms with Crippen molar-refractivity contribution < 1.29 is 0 Å². The zero-order valence-corrected chi connectivity index (χ0v) is 24.2. The van der Waals surface area contributed by atoms with Gasteiger partial charge in [-0.15, -0.1) is 0 Å². The van der Waals surface area contributed by atoms with Gasteiger partial charge in [-0.05, 0) is 114 Å². The van der Waals surface area contributed by atoms with Gasteiger partial charge in [0, 0.05) is 11.0 Å². The van der Waals surface area contributed by atoms with Crippen LogP contribution in [0.4, 0.5) is 0 Å². The van der Waals surface area contributed by atoms with Gasteiger partial charge in [0.2, 0.25) is 0 Å². The molecular formula is C39H35N3. The first-order valence-corrected chi connectivity index (χ1v) is 16.0. The van der Waals surface area contributed by atoms with Crippen molar-refractivity contribution in [3.8, 4) is 22.5 Å². The molecule has 0 N–H and O–H groups in total. The van der Waals surface area contributed by atoms with Crippen LogP contribution in [0.15, 0.2) is 96.6 Å². The van der Waals surface area contributed by atoms with Crippen LogP contribution in [0.25, 0.3) is 22.5 Å². The van der Waals surface area contributed by atoms with Gasteiger partial charge in [0.05, 0.1) is 5.41 Å². The van der Waals surface area contributed by atoms with E-state index in [0.717, 1.165) is 53.6 Å². The van der Waals surface area contributed by atoms with Crippen LogP contribution in [0.5, 0.6) is 0 Å². The molecule has 4 aromatic rings. The third-order valence-electron chi connectivity index (χ3n) is 12.5. The van der Waals surface area contributed by atoms with E-state index >= 15 is 0 Å². The van der Waals surface area contributed by atoms with E-state index in [9.17, 15) is 0 Å². The number of aryl methyl sites for hydroxylation is 1.